The Morgan fingerprint density at radius 3 is 1.65 bits per heavy atom. The van der Waals surface area contributed by atoms with Crippen LogP contribution in [0, 0.1) is 11.6 Å². The lowest BCUT2D eigenvalue weighted by Gasteiger charge is -2.19. The van der Waals surface area contributed by atoms with Crippen LogP contribution in [0.25, 0.3) is 0 Å². The number of hydrogen-bond donors (Lipinski definition) is 0. The second kappa shape index (κ2) is 6.12. The summed E-state index contributed by atoms with van der Waals surface area (Å²) in [6.45, 7) is 7.36. The zero-order chi connectivity index (χ0) is 13.0. The molecule has 0 fully saturated rings. The van der Waals surface area contributed by atoms with Crippen LogP contribution < -0.4 is 5.46 Å². The van der Waals surface area contributed by atoms with Crippen LogP contribution in [0.3, 0.4) is 0 Å². The van der Waals surface area contributed by atoms with E-state index >= 15 is 0 Å². The molecule has 0 bridgehead atoms. The molecule has 0 spiro atoms. The molecule has 0 aromatic heterocycles. The van der Waals surface area contributed by atoms with E-state index in [1.54, 1.807) is 0 Å². The van der Waals surface area contributed by atoms with Gasteiger partial charge in [0, 0.05) is 18.3 Å². The van der Waals surface area contributed by atoms with Gasteiger partial charge in [0.05, 0.1) is 0 Å². The lowest BCUT2D eigenvalue weighted by atomic mass is 9.78. The molecule has 0 aliphatic carbocycles. The van der Waals surface area contributed by atoms with Crippen LogP contribution in [0.15, 0.2) is 18.2 Å². The van der Waals surface area contributed by atoms with Crippen molar-refractivity contribution in [3.8, 4) is 0 Å². The third kappa shape index (κ3) is 4.83. The van der Waals surface area contributed by atoms with Gasteiger partial charge in [0.25, 0.3) is 0 Å². The molecule has 1 aromatic rings. The van der Waals surface area contributed by atoms with Gasteiger partial charge in [-0.1, -0.05) is 0 Å². The van der Waals surface area contributed by atoms with Gasteiger partial charge in [0.2, 0.25) is 0 Å². The summed E-state index contributed by atoms with van der Waals surface area (Å²) in [5.74, 6) is -1.27. The topological polar surface area (TPSA) is 18.5 Å². The zero-order valence-corrected chi connectivity index (χ0v) is 10.5. The molecule has 1 rings (SSSR count). The highest BCUT2D eigenvalue weighted by Crippen LogP contribution is 2.05. The first-order chi connectivity index (χ1) is 7.88. The first-order valence-corrected chi connectivity index (χ1v) is 5.65. The monoisotopic (exact) mass is 242 g/mol. The van der Waals surface area contributed by atoms with Gasteiger partial charge >= 0.3 is 7.12 Å². The summed E-state index contributed by atoms with van der Waals surface area (Å²) in [4.78, 5) is 0. The van der Waals surface area contributed by atoms with E-state index in [0.29, 0.717) is 5.46 Å². The molecule has 94 valence electrons. The number of hydrogen-bond acceptors (Lipinski definition) is 2. The van der Waals surface area contributed by atoms with Crippen LogP contribution in [0.2, 0.25) is 0 Å². The predicted molar refractivity (Wildman–Crippen MR) is 64.2 cm³/mol. The van der Waals surface area contributed by atoms with Crippen LogP contribution in [0.5, 0.6) is 0 Å². The van der Waals surface area contributed by atoms with Gasteiger partial charge in [-0.05, 0) is 45.3 Å². The molecule has 0 N–H and O–H groups in total. The first-order valence-electron chi connectivity index (χ1n) is 5.65. The molecule has 0 saturated carbocycles. The molecule has 5 heteroatoms. The number of rotatable bonds is 5. The van der Waals surface area contributed by atoms with Crippen molar-refractivity contribution in [3.05, 3.63) is 29.8 Å². The van der Waals surface area contributed by atoms with E-state index in [0.717, 1.165) is 6.07 Å². The molecule has 0 aliphatic heterocycles. The van der Waals surface area contributed by atoms with Gasteiger partial charge in [-0.2, -0.15) is 0 Å². The highest BCUT2D eigenvalue weighted by molar-refractivity contribution is 6.61. The summed E-state index contributed by atoms with van der Waals surface area (Å²) in [6, 6.07) is 3.27. The third-order valence-corrected chi connectivity index (χ3v) is 1.95. The van der Waals surface area contributed by atoms with Crippen LogP contribution in [0.1, 0.15) is 27.7 Å². The highest BCUT2D eigenvalue weighted by atomic mass is 19.1. The van der Waals surface area contributed by atoms with Crippen molar-refractivity contribution in [2.45, 2.75) is 39.9 Å². The molecule has 0 radical (unpaired) electrons. The van der Waals surface area contributed by atoms with Gasteiger partial charge in [0.1, 0.15) is 11.6 Å². The molecule has 0 aliphatic rings. The Bertz CT molecular complexity index is 339. The van der Waals surface area contributed by atoms with Gasteiger partial charge in [-0.15, -0.1) is 0 Å². The fraction of sp³-hybridized carbons (Fsp3) is 0.500. The summed E-state index contributed by atoms with van der Waals surface area (Å²) in [7, 11) is -0.750. The summed E-state index contributed by atoms with van der Waals surface area (Å²) in [5.41, 5.74) is 0.352. The normalized spacial score (nSPS) is 11.3. The fourth-order valence-electron chi connectivity index (χ4n) is 1.39. The lowest BCUT2D eigenvalue weighted by molar-refractivity contribution is 0.139. The van der Waals surface area contributed by atoms with E-state index in [1.807, 2.05) is 27.7 Å². The summed E-state index contributed by atoms with van der Waals surface area (Å²) in [5, 5.41) is 0. The van der Waals surface area contributed by atoms with Gasteiger partial charge in [0.15, 0.2) is 0 Å². The minimum absolute atomic E-state index is 0.0925. The molecular weight excluding hydrogens is 225 g/mol. The number of benzene rings is 1. The van der Waals surface area contributed by atoms with E-state index in [2.05, 4.69) is 0 Å². The molecular formula is C12H17BF2O2. The molecule has 17 heavy (non-hydrogen) atoms. The Balaban J connectivity index is 2.94. The van der Waals surface area contributed by atoms with E-state index < -0.39 is 18.8 Å². The first kappa shape index (κ1) is 14.1. The van der Waals surface area contributed by atoms with Gasteiger partial charge in [-0.3, -0.25) is 0 Å². The lowest BCUT2D eigenvalue weighted by Crippen LogP contribution is -2.41. The summed E-state index contributed by atoms with van der Waals surface area (Å²) in [6.07, 6.45) is -0.185. The third-order valence-electron chi connectivity index (χ3n) is 1.95. The molecule has 0 heterocycles. The maximum absolute atomic E-state index is 13.1. The average Bonchev–Trinajstić information content (AvgIpc) is 2.13. The molecule has 2 nitrogen and oxygen atoms in total. The minimum atomic E-state index is -0.750. The Morgan fingerprint density at radius 2 is 1.29 bits per heavy atom. The Kier molecular flexibility index (Phi) is 5.09. The van der Waals surface area contributed by atoms with E-state index in [-0.39, 0.29) is 12.2 Å². The van der Waals surface area contributed by atoms with E-state index in [4.69, 9.17) is 9.31 Å². The van der Waals surface area contributed by atoms with Crippen LogP contribution in [-0.4, -0.2) is 19.3 Å². The highest BCUT2D eigenvalue weighted by Gasteiger charge is 2.25. The van der Waals surface area contributed by atoms with E-state index in [1.165, 1.54) is 12.1 Å². The molecule has 0 atom stereocenters. The van der Waals surface area contributed by atoms with Gasteiger partial charge < -0.3 is 9.31 Å². The van der Waals surface area contributed by atoms with Crippen molar-refractivity contribution >= 4 is 12.6 Å². The Labute approximate surface area is 101 Å². The average molecular weight is 242 g/mol. The largest absolute Gasteiger partial charge is 0.494 e. The molecule has 0 unspecified atom stereocenters. The SMILES string of the molecule is CC(C)OB(OC(C)C)c1cc(F)cc(F)c1. The summed E-state index contributed by atoms with van der Waals surface area (Å²) >= 11 is 0. The summed E-state index contributed by atoms with van der Waals surface area (Å²) < 4.78 is 37.2. The second-order valence-corrected chi connectivity index (χ2v) is 4.40. The van der Waals surface area contributed by atoms with E-state index in [9.17, 15) is 8.78 Å². The zero-order valence-electron chi connectivity index (χ0n) is 10.5. The standard InChI is InChI=1S/C12H17BF2O2/c1-8(2)16-13(17-9(3)4)10-5-11(14)7-12(15)6-10/h5-9H,1-4H3. The Hall–Kier alpha value is -0.935. The maximum Gasteiger partial charge on any atom is 0.494 e. The van der Waals surface area contributed by atoms with Crippen molar-refractivity contribution < 1.29 is 18.1 Å². The maximum atomic E-state index is 13.1. The van der Waals surface area contributed by atoms with Crippen molar-refractivity contribution in [2.24, 2.45) is 0 Å². The second-order valence-electron chi connectivity index (χ2n) is 4.40. The fourth-order valence-corrected chi connectivity index (χ4v) is 1.39. The van der Waals surface area contributed by atoms with Crippen LogP contribution >= 0.6 is 0 Å². The van der Waals surface area contributed by atoms with Crippen molar-refractivity contribution in [1.82, 2.24) is 0 Å². The van der Waals surface area contributed by atoms with Crippen LogP contribution in [0.4, 0.5) is 8.78 Å². The smallest absolute Gasteiger partial charge is 0.405 e. The molecule has 0 saturated heterocycles. The predicted octanol–water partition coefficient (Wildman–Crippen LogP) is 2.51. The van der Waals surface area contributed by atoms with Crippen molar-refractivity contribution in [1.29, 1.82) is 0 Å². The van der Waals surface area contributed by atoms with Crippen LogP contribution in [-0.2, 0) is 9.31 Å². The minimum Gasteiger partial charge on any atom is -0.405 e. The number of halogens is 2. The van der Waals surface area contributed by atoms with Gasteiger partial charge in [-0.25, -0.2) is 8.78 Å². The molecule has 1 aromatic carbocycles. The quantitative estimate of drug-likeness (QED) is 0.738. The van der Waals surface area contributed by atoms with Crippen molar-refractivity contribution in [2.75, 3.05) is 0 Å². The van der Waals surface area contributed by atoms with Crippen molar-refractivity contribution in [3.63, 3.8) is 0 Å². The Morgan fingerprint density at radius 1 is 0.882 bits per heavy atom. The molecule has 0 amide bonds.